The van der Waals surface area contributed by atoms with E-state index < -0.39 is 0 Å². The molecule has 2 rings (SSSR count). The fraction of sp³-hybridized carbons (Fsp3) is 0.600. The van der Waals surface area contributed by atoms with Crippen molar-refractivity contribution in [3.8, 4) is 0 Å². The van der Waals surface area contributed by atoms with E-state index in [4.69, 9.17) is 5.73 Å². The van der Waals surface area contributed by atoms with Crippen molar-refractivity contribution in [2.45, 2.75) is 38.8 Å². The van der Waals surface area contributed by atoms with Gasteiger partial charge in [-0.3, -0.25) is 0 Å². The molecule has 0 bridgehead atoms. The predicted octanol–water partition coefficient (Wildman–Crippen LogP) is 1.27. The van der Waals surface area contributed by atoms with Crippen LogP contribution in [0.4, 0.5) is 0 Å². The smallest absolute Gasteiger partial charge is 0.189 e. The van der Waals surface area contributed by atoms with Crippen LogP contribution in [0.5, 0.6) is 0 Å². The van der Waals surface area contributed by atoms with E-state index in [9.17, 15) is 0 Å². The van der Waals surface area contributed by atoms with Crippen LogP contribution in [0.1, 0.15) is 29.7 Å². The lowest BCUT2D eigenvalue weighted by atomic mass is 10.4. The summed E-state index contributed by atoms with van der Waals surface area (Å²) >= 11 is 1.71. The van der Waals surface area contributed by atoms with Gasteiger partial charge >= 0.3 is 0 Å². The molecule has 1 aromatic heterocycles. The lowest BCUT2D eigenvalue weighted by Crippen LogP contribution is -2.33. The fourth-order valence-corrected chi connectivity index (χ4v) is 2.01. The van der Waals surface area contributed by atoms with Gasteiger partial charge in [-0.05, 0) is 19.3 Å². The highest BCUT2D eigenvalue weighted by Gasteiger charge is 2.21. The molecule has 0 unspecified atom stereocenters. The zero-order valence-corrected chi connectivity index (χ0v) is 9.68. The molecule has 1 saturated carbocycles. The zero-order chi connectivity index (χ0) is 10.7. The summed E-state index contributed by atoms with van der Waals surface area (Å²) in [5, 5.41) is 4.18. The Bertz CT molecular complexity index is 354. The van der Waals surface area contributed by atoms with Crippen molar-refractivity contribution in [1.29, 1.82) is 0 Å². The number of hydrogen-bond donors (Lipinski definition) is 2. The van der Waals surface area contributed by atoms with Crippen molar-refractivity contribution in [1.82, 2.24) is 10.3 Å². The molecule has 3 N–H and O–H groups in total. The van der Waals surface area contributed by atoms with Gasteiger partial charge in [0, 0.05) is 17.1 Å². The molecule has 1 heterocycles. The monoisotopic (exact) mass is 224 g/mol. The summed E-state index contributed by atoms with van der Waals surface area (Å²) in [6, 6.07) is 0.566. The Labute approximate surface area is 93.6 Å². The van der Waals surface area contributed by atoms with Crippen LogP contribution in [-0.2, 0) is 13.0 Å². The molecule has 0 amide bonds. The predicted molar refractivity (Wildman–Crippen MR) is 63.0 cm³/mol. The topological polar surface area (TPSA) is 63.3 Å². The molecule has 0 saturated heterocycles. The van der Waals surface area contributed by atoms with Crippen molar-refractivity contribution in [3.63, 3.8) is 0 Å². The highest BCUT2D eigenvalue weighted by atomic mass is 32.1. The number of rotatable bonds is 4. The van der Waals surface area contributed by atoms with Crippen LogP contribution >= 0.6 is 11.3 Å². The third-order valence-electron chi connectivity index (χ3n) is 2.26. The van der Waals surface area contributed by atoms with Gasteiger partial charge in [0.2, 0.25) is 0 Å². The molecule has 0 atom stereocenters. The van der Waals surface area contributed by atoms with Gasteiger partial charge < -0.3 is 11.1 Å². The van der Waals surface area contributed by atoms with E-state index in [1.807, 2.05) is 6.20 Å². The molecule has 0 aromatic carbocycles. The van der Waals surface area contributed by atoms with Gasteiger partial charge in [0.25, 0.3) is 0 Å². The van der Waals surface area contributed by atoms with Crippen LogP contribution in [0, 0.1) is 0 Å². The number of aromatic nitrogens is 1. The van der Waals surface area contributed by atoms with Crippen LogP contribution in [0.2, 0.25) is 0 Å². The van der Waals surface area contributed by atoms with Crippen LogP contribution in [-0.4, -0.2) is 17.0 Å². The lowest BCUT2D eigenvalue weighted by molar-refractivity contribution is 0.877. The first-order valence-electron chi connectivity index (χ1n) is 5.28. The fourth-order valence-electron chi connectivity index (χ4n) is 1.22. The van der Waals surface area contributed by atoms with E-state index in [1.165, 1.54) is 17.7 Å². The number of guanidine groups is 1. The summed E-state index contributed by atoms with van der Waals surface area (Å²) in [4.78, 5) is 9.84. The van der Waals surface area contributed by atoms with Gasteiger partial charge in [-0.2, -0.15) is 0 Å². The van der Waals surface area contributed by atoms with Gasteiger partial charge in [-0.15, -0.1) is 11.3 Å². The summed E-state index contributed by atoms with van der Waals surface area (Å²) in [6.07, 6.45) is 5.39. The van der Waals surface area contributed by atoms with E-state index >= 15 is 0 Å². The van der Waals surface area contributed by atoms with E-state index in [0.29, 0.717) is 18.5 Å². The Morgan fingerprint density at radius 3 is 3.13 bits per heavy atom. The minimum Gasteiger partial charge on any atom is -0.370 e. The van der Waals surface area contributed by atoms with Crippen molar-refractivity contribution in [3.05, 3.63) is 16.1 Å². The highest BCUT2D eigenvalue weighted by Crippen LogP contribution is 2.18. The normalized spacial score (nSPS) is 16.7. The van der Waals surface area contributed by atoms with Crippen molar-refractivity contribution in [2.75, 3.05) is 0 Å². The Morgan fingerprint density at radius 2 is 2.53 bits per heavy atom. The van der Waals surface area contributed by atoms with Crippen LogP contribution in [0.3, 0.4) is 0 Å². The van der Waals surface area contributed by atoms with E-state index in [2.05, 4.69) is 22.2 Å². The maximum absolute atomic E-state index is 5.72. The number of nitrogens with two attached hydrogens (primary N) is 1. The van der Waals surface area contributed by atoms with Crippen LogP contribution < -0.4 is 11.1 Å². The second kappa shape index (κ2) is 4.61. The Morgan fingerprint density at radius 1 is 1.73 bits per heavy atom. The number of aryl methyl sites for hydroxylation is 1. The number of hydrogen-bond acceptors (Lipinski definition) is 3. The number of thiazole rings is 1. The quantitative estimate of drug-likeness (QED) is 0.598. The van der Waals surface area contributed by atoms with Crippen molar-refractivity contribution < 1.29 is 0 Å². The third kappa shape index (κ3) is 3.20. The van der Waals surface area contributed by atoms with Gasteiger partial charge in [0.05, 0.1) is 6.54 Å². The zero-order valence-electron chi connectivity index (χ0n) is 8.86. The molecule has 0 spiro atoms. The Kier molecular flexibility index (Phi) is 3.20. The van der Waals surface area contributed by atoms with Crippen LogP contribution in [0.15, 0.2) is 11.2 Å². The summed E-state index contributed by atoms with van der Waals surface area (Å²) in [7, 11) is 0. The van der Waals surface area contributed by atoms with E-state index in [0.717, 1.165) is 11.4 Å². The third-order valence-corrected chi connectivity index (χ3v) is 3.39. The molecule has 0 radical (unpaired) electrons. The molecule has 82 valence electrons. The molecule has 0 aliphatic heterocycles. The van der Waals surface area contributed by atoms with Gasteiger partial charge in [-0.1, -0.05) is 6.92 Å². The first-order chi connectivity index (χ1) is 7.28. The molecule has 15 heavy (non-hydrogen) atoms. The highest BCUT2D eigenvalue weighted by molar-refractivity contribution is 7.11. The first-order valence-corrected chi connectivity index (χ1v) is 6.09. The van der Waals surface area contributed by atoms with Crippen LogP contribution in [0.25, 0.3) is 0 Å². The standard InChI is InChI=1S/C10H16N4S/c1-2-8-5-12-9(15-8)6-13-10(11)14-7-3-4-7/h5,7H,2-4,6H2,1H3,(H3,11,13,14). The molecular formula is C10H16N4S. The average molecular weight is 224 g/mol. The second-order valence-corrected chi connectivity index (χ2v) is 4.89. The largest absolute Gasteiger partial charge is 0.370 e. The van der Waals surface area contributed by atoms with Gasteiger partial charge in [0.1, 0.15) is 5.01 Å². The summed E-state index contributed by atoms with van der Waals surface area (Å²) in [6.45, 7) is 2.72. The minimum absolute atomic E-state index is 0.547. The van der Waals surface area contributed by atoms with Crippen molar-refractivity contribution in [2.24, 2.45) is 10.7 Å². The Hall–Kier alpha value is -1.10. The molecule has 4 nitrogen and oxygen atoms in total. The summed E-state index contributed by atoms with van der Waals surface area (Å²) < 4.78 is 0. The van der Waals surface area contributed by atoms with Crippen molar-refractivity contribution >= 4 is 17.3 Å². The molecule has 1 fully saturated rings. The molecule has 5 heteroatoms. The molecule has 1 aliphatic carbocycles. The molecule has 1 aromatic rings. The number of nitrogens with one attached hydrogen (secondary N) is 1. The molecule has 1 aliphatic rings. The Balaban J connectivity index is 1.84. The second-order valence-electron chi connectivity index (χ2n) is 3.69. The maximum Gasteiger partial charge on any atom is 0.189 e. The minimum atomic E-state index is 0.547. The first kappa shape index (κ1) is 10.4. The van der Waals surface area contributed by atoms with Gasteiger partial charge in [-0.25, -0.2) is 9.98 Å². The maximum atomic E-state index is 5.72. The average Bonchev–Trinajstić information content (AvgIpc) is 2.92. The summed E-state index contributed by atoms with van der Waals surface area (Å²) in [5.74, 6) is 0.547. The van der Waals surface area contributed by atoms with E-state index in [1.54, 1.807) is 11.3 Å². The number of nitrogens with zero attached hydrogens (tertiary/aromatic N) is 2. The number of aliphatic imine (C=N–C) groups is 1. The summed E-state index contributed by atoms with van der Waals surface area (Å²) in [5.41, 5.74) is 5.72. The lowest BCUT2D eigenvalue weighted by Gasteiger charge is -2.01. The SMILES string of the molecule is CCc1cnc(CN=C(N)NC2CC2)s1. The van der Waals surface area contributed by atoms with Gasteiger partial charge in [0.15, 0.2) is 5.96 Å². The van der Waals surface area contributed by atoms with E-state index in [-0.39, 0.29) is 0 Å². The molecular weight excluding hydrogens is 208 g/mol.